The number of hydrogen-bond acceptors (Lipinski definition) is 3. The molecule has 1 unspecified atom stereocenters. The van der Waals surface area contributed by atoms with E-state index in [2.05, 4.69) is 17.4 Å². The first-order valence-corrected chi connectivity index (χ1v) is 7.33. The second-order valence-corrected chi connectivity index (χ2v) is 5.89. The molecule has 1 aromatic rings. The van der Waals surface area contributed by atoms with E-state index in [9.17, 15) is 5.11 Å². The summed E-state index contributed by atoms with van der Waals surface area (Å²) in [6, 6.07) is 6.81. The molecular weight excluding hydrogens is 238 g/mol. The van der Waals surface area contributed by atoms with E-state index in [0.29, 0.717) is 6.04 Å². The second-order valence-electron chi connectivity index (χ2n) is 5.89. The maximum atomic E-state index is 9.98. The van der Waals surface area contributed by atoms with E-state index in [1.54, 1.807) is 7.11 Å². The summed E-state index contributed by atoms with van der Waals surface area (Å²) >= 11 is 0. The third-order valence-corrected chi connectivity index (χ3v) is 4.76. The molecule has 0 spiro atoms. The summed E-state index contributed by atoms with van der Waals surface area (Å²) in [7, 11) is 1.70. The van der Waals surface area contributed by atoms with Crippen molar-refractivity contribution in [3.63, 3.8) is 0 Å². The highest BCUT2D eigenvalue weighted by molar-refractivity contribution is 5.44. The molecule has 3 nitrogen and oxygen atoms in total. The van der Waals surface area contributed by atoms with Gasteiger partial charge in [0.15, 0.2) is 0 Å². The highest BCUT2D eigenvalue weighted by Crippen LogP contribution is 2.40. The molecule has 3 rings (SSSR count). The van der Waals surface area contributed by atoms with Gasteiger partial charge in [-0.2, -0.15) is 0 Å². The summed E-state index contributed by atoms with van der Waals surface area (Å²) in [5, 5.41) is 13.7. The summed E-state index contributed by atoms with van der Waals surface area (Å²) < 4.78 is 5.34. The predicted octanol–water partition coefficient (Wildman–Crippen LogP) is 2.36. The smallest absolute Gasteiger partial charge is 0.119 e. The molecule has 1 fully saturated rings. The van der Waals surface area contributed by atoms with Gasteiger partial charge in [-0.05, 0) is 48.9 Å². The largest absolute Gasteiger partial charge is 0.497 e. The van der Waals surface area contributed by atoms with Crippen molar-refractivity contribution in [3.05, 3.63) is 29.3 Å². The van der Waals surface area contributed by atoms with Crippen LogP contribution >= 0.6 is 0 Å². The van der Waals surface area contributed by atoms with Crippen LogP contribution in [0, 0.1) is 0 Å². The summed E-state index contributed by atoms with van der Waals surface area (Å²) in [5.41, 5.74) is 2.33. The molecule has 1 saturated carbocycles. The number of hydrogen-bond donors (Lipinski definition) is 2. The number of aryl methyl sites for hydroxylation is 1. The number of benzene rings is 1. The van der Waals surface area contributed by atoms with Crippen LogP contribution < -0.4 is 10.1 Å². The van der Waals surface area contributed by atoms with Gasteiger partial charge in [-0.1, -0.05) is 18.9 Å². The van der Waals surface area contributed by atoms with Crippen molar-refractivity contribution in [2.24, 2.45) is 0 Å². The lowest BCUT2D eigenvalue weighted by molar-refractivity contribution is 0.146. The minimum absolute atomic E-state index is 0.170. The van der Waals surface area contributed by atoms with Crippen LogP contribution in [0.3, 0.4) is 0 Å². The van der Waals surface area contributed by atoms with E-state index in [4.69, 9.17) is 4.74 Å². The fourth-order valence-electron chi connectivity index (χ4n) is 3.65. The van der Waals surface area contributed by atoms with E-state index in [-0.39, 0.29) is 12.1 Å². The molecule has 1 atom stereocenters. The van der Waals surface area contributed by atoms with Gasteiger partial charge in [0.25, 0.3) is 0 Å². The minimum Gasteiger partial charge on any atom is -0.497 e. The number of methoxy groups -OCH3 is 1. The van der Waals surface area contributed by atoms with Crippen LogP contribution in [0.1, 0.15) is 43.2 Å². The molecule has 0 amide bonds. The van der Waals surface area contributed by atoms with Crippen LogP contribution in [0.25, 0.3) is 0 Å². The van der Waals surface area contributed by atoms with Gasteiger partial charge >= 0.3 is 0 Å². The average Bonchev–Trinajstić information content (AvgIpc) is 3.07. The molecule has 0 heterocycles. The second kappa shape index (κ2) is 5.14. The van der Waals surface area contributed by atoms with Crippen LogP contribution in [0.2, 0.25) is 0 Å². The molecule has 2 aliphatic carbocycles. The Balaban J connectivity index is 1.91. The Morgan fingerprint density at radius 3 is 2.84 bits per heavy atom. The Labute approximate surface area is 115 Å². The zero-order valence-electron chi connectivity index (χ0n) is 11.6. The Morgan fingerprint density at radius 2 is 2.16 bits per heavy atom. The highest BCUT2D eigenvalue weighted by Gasteiger charge is 2.40. The van der Waals surface area contributed by atoms with Crippen LogP contribution in [-0.2, 0) is 12.0 Å². The van der Waals surface area contributed by atoms with Crippen molar-refractivity contribution in [3.8, 4) is 5.75 Å². The molecule has 19 heavy (non-hydrogen) atoms. The van der Waals surface area contributed by atoms with Crippen LogP contribution in [0.4, 0.5) is 0 Å². The molecule has 0 bridgehead atoms. The quantitative estimate of drug-likeness (QED) is 0.874. The van der Waals surface area contributed by atoms with Gasteiger partial charge in [-0.25, -0.2) is 0 Å². The van der Waals surface area contributed by atoms with Gasteiger partial charge in [0.2, 0.25) is 0 Å². The monoisotopic (exact) mass is 261 g/mol. The van der Waals surface area contributed by atoms with E-state index >= 15 is 0 Å². The highest BCUT2D eigenvalue weighted by atomic mass is 16.5. The first-order chi connectivity index (χ1) is 9.27. The Kier molecular flexibility index (Phi) is 3.50. The molecule has 0 aliphatic heterocycles. The first kappa shape index (κ1) is 12.9. The normalized spacial score (nSPS) is 26.6. The van der Waals surface area contributed by atoms with Crippen LogP contribution in [0.15, 0.2) is 18.2 Å². The molecule has 2 N–H and O–H groups in total. The average molecular weight is 261 g/mol. The molecule has 0 radical (unpaired) electrons. The Bertz CT molecular complexity index is 454. The maximum Gasteiger partial charge on any atom is 0.119 e. The van der Waals surface area contributed by atoms with Crippen LogP contribution in [0.5, 0.6) is 5.75 Å². The third kappa shape index (κ3) is 2.26. The lowest BCUT2D eigenvalue weighted by atomic mass is 9.91. The number of ether oxygens (including phenoxy) is 1. The zero-order valence-corrected chi connectivity index (χ0v) is 11.6. The maximum absolute atomic E-state index is 9.98. The van der Waals surface area contributed by atoms with Gasteiger partial charge in [0.1, 0.15) is 5.75 Å². The van der Waals surface area contributed by atoms with Crippen molar-refractivity contribution >= 4 is 0 Å². The number of aliphatic hydroxyl groups excluding tert-OH is 1. The number of aliphatic hydroxyl groups is 1. The fraction of sp³-hybridized carbons (Fsp3) is 0.625. The standard InChI is InChI=1S/C16H23NO2/c1-19-14-7-6-12-8-9-16(11-18,15(12)10-14)17-13-4-2-3-5-13/h6-7,10,13,17-18H,2-5,8-9,11H2,1H3. The fourth-order valence-corrected chi connectivity index (χ4v) is 3.65. The number of nitrogens with one attached hydrogen (secondary N) is 1. The summed E-state index contributed by atoms with van der Waals surface area (Å²) in [6.07, 6.45) is 7.12. The molecular formula is C16H23NO2. The SMILES string of the molecule is COc1ccc2c(c1)C(CO)(NC1CCCC1)CC2. The van der Waals surface area contributed by atoms with Gasteiger partial charge in [0.05, 0.1) is 19.3 Å². The molecule has 0 aromatic heterocycles. The Morgan fingerprint density at radius 1 is 1.37 bits per heavy atom. The van der Waals surface area contributed by atoms with Crippen molar-refractivity contribution in [2.75, 3.05) is 13.7 Å². The first-order valence-electron chi connectivity index (χ1n) is 7.33. The predicted molar refractivity (Wildman–Crippen MR) is 75.5 cm³/mol. The zero-order chi connectivity index (χ0) is 13.3. The number of fused-ring (bicyclic) bond motifs is 1. The van der Waals surface area contributed by atoms with Gasteiger partial charge in [-0.15, -0.1) is 0 Å². The van der Waals surface area contributed by atoms with Crippen LogP contribution in [-0.4, -0.2) is 24.9 Å². The van der Waals surface area contributed by atoms with E-state index in [0.717, 1.165) is 18.6 Å². The van der Waals surface area contributed by atoms with Gasteiger partial charge in [0, 0.05) is 6.04 Å². The van der Waals surface area contributed by atoms with E-state index in [1.807, 2.05) is 6.07 Å². The van der Waals surface area contributed by atoms with Gasteiger partial charge in [-0.3, -0.25) is 0 Å². The lowest BCUT2D eigenvalue weighted by Crippen LogP contribution is -2.48. The van der Waals surface area contributed by atoms with E-state index in [1.165, 1.54) is 36.8 Å². The van der Waals surface area contributed by atoms with Gasteiger partial charge < -0.3 is 15.2 Å². The summed E-state index contributed by atoms with van der Waals surface area (Å²) in [5.74, 6) is 0.881. The third-order valence-electron chi connectivity index (χ3n) is 4.76. The lowest BCUT2D eigenvalue weighted by Gasteiger charge is -2.33. The Hall–Kier alpha value is -1.06. The summed E-state index contributed by atoms with van der Waals surface area (Å²) in [6.45, 7) is 0.170. The molecule has 3 heteroatoms. The molecule has 2 aliphatic rings. The van der Waals surface area contributed by atoms with Crippen molar-refractivity contribution < 1.29 is 9.84 Å². The van der Waals surface area contributed by atoms with Crippen molar-refractivity contribution in [2.45, 2.75) is 50.1 Å². The van der Waals surface area contributed by atoms with Crippen molar-refractivity contribution in [1.82, 2.24) is 5.32 Å². The topological polar surface area (TPSA) is 41.5 Å². The summed E-state index contributed by atoms with van der Waals surface area (Å²) in [4.78, 5) is 0. The number of rotatable bonds is 4. The van der Waals surface area contributed by atoms with E-state index < -0.39 is 0 Å². The molecule has 104 valence electrons. The minimum atomic E-state index is -0.251. The molecule has 0 saturated heterocycles. The molecule has 1 aromatic carbocycles. The van der Waals surface area contributed by atoms with Crippen molar-refractivity contribution in [1.29, 1.82) is 0 Å².